The molecular formula is C11H9ClN4O. The van der Waals surface area contributed by atoms with Crippen molar-refractivity contribution in [3.8, 4) is 0 Å². The van der Waals surface area contributed by atoms with Crippen molar-refractivity contribution in [2.24, 2.45) is 0 Å². The highest BCUT2D eigenvalue weighted by atomic mass is 35.5. The van der Waals surface area contributed by atoms with E-state index >= 15 is 0 Å². The summed E-state index contributed by atoms with van der Waals surface area (Å²) in [5.74, 6) is 0.0112. The molecule has 0 aliphatic rings. The third kappa shape index (κ3) is 2.98. The molecule has 0 aromatic carbocycles. The third-order valence-electron chi connectivity index (χ3n) is 2.02. The molecule has 1 amide bonds. The zero-order chi connectivity index (χ0) is 12.3. The molecule has 1 N–H and O–H groups in total. The van der Waals surface area contributed by atoms with Crippen LogP contribution < -0.4 is 5.32 Å². The number of nitrogens with one attached hydrogen (secondary N) is 1. The molecule has 0 fully saturated rings. The van der Waals surface area contributed by atoms with E-state index in [2.05, 4.69) is 20.3 Å². The normalized spacial score (nSPS) is 10.0. The van der Waals surface area contributed by atoms with Gasteiger partial charge in [0.25, 0.3) is 5.91 Å². The summed E-state index contributed by atoms with van der Waals surface area (Å²) < 4.78 is 0. The number of carbonyl (C=O) groups excluding carboxylic acids is 1. The third-order valence-corrected chi connectivity index (χ3v) is 2.20. The van der Waals surface area contributed by atoms with Crippen LogP contribution >= 0.6 is 11.6 Å². The van der Waals surface area contributed by atoms with E-state index in [1.807, 2.05) is 6.92 Å². The second-order valence-corrected chi connectivity index (χ2v) is 3.76. The Morgan fingerprint density at radius 1 is 1.29 bits per heavy atom. The molecule has 0 radical (unpaired) electrons. The van der Waals surface area contributed by atoms with Gasteiger partial charge in [-0.05, 0) is 19.1 Å². The first-order chi connectivity index (χ1) is 8.15. The van der Waals surface area contributed by atoms with E-state index in [0.717, 1.165) is 5.69 Å². The van der Waals surface area contributed by atoms with E-state index in [-0.39, 0.29) is 11.1 Å². The quantitative estimate of drug-likeness (QED) is 0.884. The van der Waals surface area contributed by atoms with E-state index in [1.165, 1.54) is 18.6 Å². The number of carbonyl (C=O) groups is 1. The fraction of sp³-hybridized carbons (Fsp3) is 0.0909. The summed E-state index contributed by atoms with van der Waals surface area (Å²) in [6.45, 7) is 1.85. The highest BCUT2D eigenvalue weighted by Gasteiger charge is 2.07. The van der Waals surface area contributed by atoms with Crippen LogP contribution in [-0.4, -0.2) is 20.9 Å². The minimum atomic E-state index is -0.297. The molecule has 17 heavy (non-hydrogen) atoms. The minimum Gasteiger partial charge on any atom is -0.305 e. The second-order valence-electron chi connectivity index (χ2n) is 3.37. The van der Waals surface area contributed by atoms with Crippen LogP contribution in [0.4, 0.5) is 5.82 Å². The van der Waals surface area contributed by atoms with Gasteiger partial charge in [-0.3, -0.25) is 14.8 Å². The van der Waals surface area contributed by atoms with E-state index < -0.39 is 0 Å². The number of hydrogen-bond acceptors (Lipinski definition) is 4. The Morgan fingerprint density at radius 3 is 2.76 bits per heavy atom. The van der Waals surface area contributed by atoms with Crippen molar-refractivity contribution in [2.45, 2.75) is 6.92 Å². The number of rotatable bonds is 2. The first-order valence-corrected chi connectivity index (χ1v) is 5.24. The molecule has 0 aliphatic carbocycles. The average Bonchev–Trinajstić information content (AvgIpc) is 2.29. The molecule has 0 unspecified atom stereocenters. The summed E-state index contributed by atoms with van der Waals surface area (Å²) >= 11 is 5.66. The maximum Gasteiger partial charge on any atom is 0.258 e. The number of halogens is 1. The van der Waals surface area contributed by atoms with Crippen LogP contribution in [0.2, 0.25) is 5.15 Å². The summed E-state index contributed by atoms with van der Waals surface area (Å²) in [4.78, 5) is 23.5. The Labute approximate surface area is 103 Å². The van der Waals surface area contributed by atoms with E-state index in [0.29, 0.717) is 11.4 Å². The molecule has 0 saturated carbocycles. The summed E-state index contributed by atoms with van der Waals surface area (Å²) in [6.07, 6.45) is 4.32. The summed E-state index contributed by atoms with van der Waals surface area (Å²) in [5, 5.41) is 2.81. The fourth-order valence-electron chi connectivity index (χ4n) is 1.19. The Balaban J connectivity index is 2.14. The molecule has 2 aromatic rings. The monoisotopic (exact) mass is 248 g/mol. The van der Waals surface area contributed by atoms with Crippen molar-refractivity contribution in [1.29, 1.82) is 0 Å². The zero-order valence-corrected chi connectivity index (χ0v) is 9.77. The van der Waals surface area contributed by atoms with Crippen LogP contribution in [0.15, 0.2) is 30.7 Å². The SMILES string of the molecule is Cc1ccc(C(=O)Nc2cncc(Cl)n2)cn1. The molecule has 2 rings (SSSR count). The van der Waals surface area contributed by atoms with Crippen LogP contribution in [0.5, 0.6) is 0 Å². The van der Waals surface area contributed by atoms with Gasteiger partial charge in [-0.2, -0.15) is 0 Å². The second kappa shape index (κ2) is 4.88. The predicted octanol–water partition coefficient (Wildman–Crippen LogP) is 2.09. The fourth-order valence-corrected chi connectivity index (χ4v) is 1.34. The summed E-state index contributed by atoms with van der Waals surface area (Å²) in [7, 11) is 0. The number of anilines is 1. The first kappa shape index (κ1) is 11.5. The minimum absolute atomic E-state index is 0.227. The molecule has 0 spiro atoms. The van der Waals surface area contributed by atoms with Gasteiger partial charge < -0.3 is 5.32 Å². The Hall–Kier alpha value is -2.01. The van der Waals surface area contributed by atoms with Gasteiger partial charge in [0.05, 0.1) is 18.0 Å². The molecular weight excluding hydrogens is 240 g/mol. The predicted molar refractivity (Wildman–Crippen MR) is 64.0 cm³/mol. The smallest absolute Gasteiger partial charge is 0.258 e. The maximum atomic E-state index is 11.8. The molecule has 86 valence electrons. The van der Waals surface area contributed by atoms with Crippen molar-refractivity contribution in [2.75, 3.05) is 5.32 Å². The maximum absolute atomic E-state index is 11.8. The van der Waals surface area contributed by atoms with Gasteiger partial charge in [-0.1, -0.05) is 11.6 Å². The Kier molecular flexibility index (Phi) is 3.30. The summed E-state index contributed by atoms with van der Waals surface area (Å²) in [6, 6.07) is 3.45. The largest absolute Gasteiger partial charge is 0.305 e. The molecule has 6 heteroatoms. The van der Waals surface area contributed by atoms with Crippen LogP contribution in [0.1, 0.15) is 16.1 Å². The van der Waals surface area contributed by atoms with Crippen molar-refractivity contribution in [3.05, 3.63) is 47.1 Å². The van der Waals surface area contributed by atoms with Gasteiger partial charge in [0, 0.05) is 11.9 Å². The van der Waals surface area contributed by atoms with Gasteiger partial charge >= 0.3 is 0 Å². The molecule has 0 aliphatic heterocycles. The molecule has 2 heterocycles. The lowest BCUT2D eigenvalue weighted by atomic mass is 10.2. The van der Waals surface area contributed by atoms with Crippen LogP contribution in [0, 0.1) is 6.92 Å². The van der Waals surface area contributed by atoms with Gasteiger partial charge in [0.15, 0.2) is 5.82 Å². The van der Waals surface area contributed by atoms with E-state index in [1.54, 1.807) is 12.1 Å². The van der Waals surface area contributed by atoms with Crippen molar-refractivity contribution in [3.63, 3.8) is 0 Å². The highest BCUT2D eigenvalue weighted by molar-refractivity contribution is 6.29. The topological polar surface area (TPSA) is 67.8 Å². The lowest BCUT2D eigenvalue weighted by Gasteiger charge is -2.03. The zero-order valence-electron chi connectivity index (χ0n) is 9.01. The number of aryl methyl sites for hydroxylation is 1. The van der Waals surface area contributed by atoms with E-state index in [9.17, 15) is 4.79 Å². The number of amides is 1. The van der Waals surface area contributed by atoms with Gasteiger partial charge in [0.1, 0.15) is 5.15 Å². The standard InChI is InChI=1S/C11H9ClN4O/c1-7-2-3-8(4-14-7)11(17)16-10-6-13-5-9(12)15-10/h2-6H,1H3,(H,15,16,17). The number of hydrogen-bond donors (Lipinski definition) is 1. The van der Waals surface area contributed by atoms with Crippen molar-refractivity contribution < 1.29 is 4.79 Å². The van der Waals surface area contributed by atoms with Gasteiger partial charge in [-0.15, -0.1) is 0 Å². The number of nitrogens with zero attached hydrogens (tertiary/aromatic N) is 3. The first-order valence-electron chi connectivity index (χ1n) is 4.87. The van der Waals surface area contributed by atoms with Crippen LogP contribution in [0.3, 0.4) is 0 Å². The Bertz CT molecular complexity index is 541. The van der Waals surface area contributed by atoms with E-state index in [4.69, 9.17) is 11.6 Å². The average molecular weight is 249 g/mol. The molecule has 5 nitrogen and oxygen atoms in total. The lowest BCUT2D eigenvalue weighted by molar-refractivity contribution is 0.102. The molecule has 0 atom stereocenters. The number of aromatic nitrogens is 3. The molecule has 2 aromatic heterocycles. The number of pyridine rings is 1. The molecule has 0 bridgehead atoms. The van der Waals surface area contributed by atoms with Gasteiger partial charge in [-0.25, -0.2) is 4.98 Å². The van der Waals surface area contributed by atoms with Crippen molar-refractivity contribution >= 4 is 23.3 Å². The lowest BCUT2D eigenvalue weighted by Crippen LogP contribution is -2.13. The van der Waals surface area contributed by atoms with Crippen LogP contribution in [0.25, 0.3) is 0 Å². The molecule has 0 saturated heterocycles. The highest BCUT2D eigenvalue weighted by Crippen LogP contribution is 2.08. The van der Waals surface area contributed by atoms with Crippen molar-refractivity contribution in [1.82, 2.24) is 15.0 Å². The van der Waals surface area contributed by atoms with Gasteiger partial charge in [0.2, 0.25) is 0 Å². The van der Waals surface area contributed by atoms with Crippen LogP contribution in [-0.2, 0) is 0 Å². The summed E-state index contributed by atoms with van der Waals surface area (Å²) in [5.41, 5.74) is 1.31. The Morgan fingerprint density at radius 2 is 2.12 bits per heavy atom.